The van der Waals surface area contributed by atoms with Gasteiger partial charge in [0, 0.05) is 55.8 Å². The monoisotopic (exact) mass is 553 g/mol. The van der Waals surface area contributed by atoms with Crippen molar-refractivity contribution in [3.05, 3.63) is 63.4 Å². The second-order valence-electron chi connectivity index (χ2n) is 8.94. The second kappa shape index (κ2) is 10.6. The minimum Gasteiger partial charge on any atom is -0.490 e. The van der Waals surface area contributed by atoms with Crippen molar-refractivity contribution in [1.29, 1.82) is 0 Å². The van der Waals surface area contributed by atoms with Gasteiger partial charge in [-0.15, -0.1) is 0 Å². The minimum atomic E-state index is -4.66. The van der Waals surface area contributed by atoms with Gasteiger partial charge in [-0.2, -0.15) is 13.2 Å². The summed E-state index contributed by atoms with van der Waals surface area (Å²) in [6, 6.07) is 8.79. The van der Waals surface area contributed by atoms with Crippen molar-refractivity contribution in [3.63, 3.8) is 0 Å². The number of anilines is 1. The van der Waals surface area contributed by atoms with Crippen LogP contribution in [0.4, 0.5) is 24.7 Å². The summed E-state index contributed by atoms with van der Waals surface area (Å²) in [5, 5.41) is 10.5. The number of aryl methyl sites for hydroxylation is 1. The molecule has 0 spiro atoms. The van der Waals surface area contributed by atoms with Gasteiger partial charge in [-0.05, 0) is 35.3 Å². The number of piperidine rings is 1. The molecule has 1 aromatic carbocycles. The predicted octanol–water partition coefficient (Wildman–Crippen LogP) is 5.14. The molecule has 0 N–H and O–H groups in total. The number of aromatic nitrogens is 3. The number of fused-ring (bicyclic) bond motifs is 1. The Morgan fingerprint density at radius 2 is 1.87 bits per heavy atom. The van der Waals surface area contributed by atoms with Crippen LogP contribution >= 0.6 is 11.6 Å². The summed E-state index contributed by atoms with van der Waals surface area (Å²) >= 11 is 5.75. The van der Waals surface area contributed by atoms with Crippen LogP contribution in [0.5, 0.6) is 17.6 Å². The number of ether oxygens (including phenoxy) is 3. The molecule has 2 aliphatic heterocycles. The zero-order chi connectivity index (χ0) is 26.9. The smallest absolute Gasteiger partial charge is 0.423 e. The molecule has 14 heteroatoms. The Labute approximate surface area is 220 Å². The quantitative estimate of drug-likeness (QED) is 0.293. The van der Waals surface area contributed by atoms with E-state index in [2.05, 4.69) is 14.9 Å². The van der Waals surface area contributed by atoms with Gasteiger partial charge in [0.2, 0.25) is 5.88 Å². The van der Waals surface area contributed by atoms with Gasteiger partial charge in [-0.25, -0.2) is 4.98 Å². The molecule has 1 atom stereocenters. The van der Waals surface area contributed by atoms with E-state index in [0.717, 1.165) is 11.8 Å². The van der Waals surface area contributed by atoms with E-state index >= 15 is 0 Å². The van der Waals surface area contributed by atoms with Crippen molar-refractivity contribution in [1.82, 2.24) is 14.5 Å². The largest absolute Gasteiger partial charge is 0.490 e. The Morgan fingerprint density at radius 3 is 2.55 bits per heavy atom. The van der Waals surface area contributed by atoms with Crippen LogP contribution < -0.4 is 19.1 Å². The lowest BCUT2D eigenvalue weighted by Crippen LogP contribution is -2.38. The maximum Gasteiger partial charge on any atom is 0.423 e. The van der Waals surface area contributed by atoms with Gasteiger partial charge < -0.3 is 29.2 Å². The van der Waals surface area contributed by atoms with E-state index in [-0.39, 0.29) is 24.5 Å². The molecule has 0 saturated carbocycles. The lowest BCUT2D eigenvalue weighted by molar-refractivity contribution is -0.389. The predicted molar refractivity (Wildman–Crippen MR) is 130 cm³/mol. The average molecular weight is 554 g/mol. The molecular formula is C24H23ClF3N5O5. The van der Waals surface area contributed by atoms with Crippen LogP contribution in [-0.4, -0.2) is 51.4 Å². The number of halogens is 4. The molecule has 5 rings (SSSR count). The first-order valence-corrected chi connectivity index (χ1v) is 12.3. The number of hydrogen-bond acceptors (Lipinski definition) is 8. The first-order valence-electron chi connectivity index (χ1n) is 11.9. The normalized spacial score (nSPS) is 18.0. The zero-order valence-electron chi connectivity index (χ0n) is 19.9. The Kier molecular flexibility index (Phi) is 7.19. The molecule has 2 aliphatic rings. The molecule has 0 aliphatic carbocycles. The fourth-order valence-corrected chi connectivity index (χ4v) is 4.68. The Hall–Kier alpha value is -3.74. The van der Waals surface area contributed by atoms with Crippen molar-refractivity contribution in [2.45, 2.75) is 44.2 Å². The van der Waals surface area contributed by atoms with Crippen molar-refractivity contribution in [2.24, 2.45) is 0 Å². The fraction of sp³-hybridized carbons (Fsp3) is 0.417. The molecule has 0 radical (unpaired) electrons. The molecular weight excluding hydrogens is 531 g/mol. The lowest BCUT2D eigenvalue weighted by Gasteiger charge is -2.34. The highest BCUT2D eigenvalue weighted by Crippen LogP contribution is 2.40. The van der Waals surface area contributed by atoms with E-state index in [1.807, 2.05) is 24.3 Å². The Morgan fingerprint density at radius 1 is 1.13 bits per heavy atom. The van der Waals surface area contributed by atoms with Gasteiger partial charge in [0.25, 0.3) is 0 Å². The van der Waals surface area contributed by atoms with E-state index in [9.17, 15) is 23.3 Å². The third-order valence-electron chi connectivity index (χ3n) is 6.39. The molecule has 1 saturated heterocycles. The minimum absolute atomic E-state index is 0.208. The highest BCUT2D eigenvalue weighted by molar-refractivity contribution is 6.31. The van der Waals surface area contributed by atoms with Crippen molar-refractivity contribution < 1.29 is 32.3 Å². The number of imidazole rings is 1. The van der Waals surface area contributed by atoms with Crippen LogP contribution in [0.15, 0.2) is 42.7 Å². The van der Waals surface area contributed by atoms with Gasteiger partial charge in [0.05, 0.1) is 5.02 Å². The van der Waals surface area contributed by atoms with Gasteiger partial charge in [0.15, 0.2) is 0 Å². The fourth-order valence-electron chi connectivity index (χ4n) is 4.43. The van der Waals surface area contributed by atoms with Crippen molar-refractivity contribution >= 4 is 23.1 Å². The molecule has 202 valence electrons. The van der Waals surface area contributed by atoms with Gasteiger partial charge in [-0.1, -0.05) is 11.6 Å². The van der Waals surface area contributed by atoms with Gasteiger partial charge in [0.1, 0.15) is 36.3 Å². The maximum absolute atomic E-state index is 13.4. The van der Waals surface area contributed by atoms with Crippen LogP contribution in [0.1, 0.15) is 24.8 Å². The Bertz CT molecular complexity index is 1300. The molecule has 0 unspecified atom stereocenters. The lowest BCUT2D eigenvalue weighted by atomic mass is 10.1. The summed E-state index contributed by atoms with van der Waals surface area (Å²) in [6.45, 7) is 2.01. The second-order valence-corrected chi connectivity index (χ2v) is 9.35. The van der Waals surface area contributed by atoms with Crippen molar-refractivity contribution in [3.8, 4) is 17.6 Å². The van der Waals surface area contributed by atoms with Crippen LogP contribution in [-0.2, 0) is 12.7 Å². The molecule has 10 nitrogen and oxygen atoms in total. The number of nitro groups is 1. The summed E-state index contributed by atoms with van der Waals surface area (Å²) in [4.78, 5) is 20.1. The Balaban J connectivity index is 1.11. The molecule has 0 amide bonds. The van der Waals surface area contributed by atoms with E-state index in [1.165, 1.54) is 12.4 Å². The van der Waals surface area contributed by atoms with E-state index in [0.29, 0.717) is 44.6 Å². The zero-order valence-corrected chi connectivity index (χ0v) is 20.7. The molecule has 3 aromatic rings. The first kappa shape index (κ1) is 25.9. The van der Waals surface area contributed by atoms with Gasteiger partial charge in [-0.3, -0.25) is 4.57 Å². The molecule has 2 aromatic heterocycles. The number of benzene rings is 1. The van der Waals surface area contributed by atoms with Crippen molar-refractivity contribution in [2.75, 3.05) is 24.6 Å². The van der Waals surface area contributed by atoms with Gasteiger partial charge >= 0.3 is 18.0 Å². The molecule has 0 bridgehead atoms. The highest BCUT2D eigenvalue weighted by Gasteiger charge is 2.39. The van der Waals surface area contributed by atoms with Crippen LogP contribution in [0, 0.1) is 10.1 Å². The summed E-state index contributed by atoms with van der Waals surface area (Å²) in [7, 11) is 0. The first-order chi connectivity index (χ1) is 18.2. The third kappa shape index (κ3) is 5.72. The summed E-state index contributed by atoms with van der Waals surface area (Å²) in [6.07, 6.45) is -1.11. The average Bonchev–Trinajstić information content (AvgIpc) is 3.32. The summed E-state index contributed by atoms with van der Waals surface area (Å²) < 4.78 is 58.9. The molecule has 38 heavy (non-hydrogen) atoms. The van der Waals surface area contributed by atoms with Crippen LogP contribution in [0.25, 0.3) is 0 Å². The third-order valence-corrected chi connectivity index (χ3v) is 6.70. The standard InChI is InChI=1S/C24H23ClF3N5O5/c25-19-5-9-29-22(21(19)24(26,27)28)37-17-6-10-31(11-7-17)15-1-3-16(4-2-15)36-14-18-8-12-32-13-20(33(34)35)30-23(32)38-18/h1-5,9,13,17-18H,6-8,10-12,14H2/t18-/m0/s1. The molecule has 4 heterocycles. The number of hydrogen-bond donors (Lipinski definition) is 0. The van der Waals surface area contributed by atoms with E-state index in [4.69, 9.17) is 25.8 Å². The summed E-state index contributed by atoms with van der Waals surface area (Å²) in [5.74, 6) is -0.101. The number of rotatable bonds is 7. The van der Waals surface area contributed by atoms with E-state index in [1.54, 1.807) is 4.57 Å². The number of alkyl halides is 3. The topological polar surface area (TPSA) is 105 Å². The highest BCUT2D eigenvalue weighted by atomic mass is 35.5. The summed E-state index contributed by atoms with van der Waals surface area (Å²) in [5.41, 5.74) is -0.0965. The van der Waals surface area contributed by atoms with Crippen LogP contribution in [0.2, 0.25) is 5.02 Å². The maximum atomic E-state index is 13.4. The number of pyridine rings is 1. The number of nitrogens with zero attached hydrogens (tertiary/aromatic N) is 5. The SMILES string of the molecule is O=[N+]([O-])c1cn2c(n1)O[C@H](COc1ccc(N3CCC(Oc4nccc(Cl)c4C(F)(F)F)CC3)cc1)CC2. The molecule has 1 fully saturated rings. The van der Waals surface area contributed by atoms with Crippen LogP contribution in [0.3, 0.4) is 0 Å². The van der Waals surface area contributed by atoms with E-state index < -0.39 is 33.7 Å².